The van der Waals surface area contributed by atoms with Crippen molar-refractivity contribution in [1.82, 2.24) is 5.32 Å². The van der Waals surface area contributed by atoms with Crippen LogP contribution in [-0.2, 0) is 0 Å². The number of benzene rings is 2. The maximum absolute atomic E-state index is 6.28. The Morgan fingerprint density at radius 2 is 1.90 bits per heavy atom. The Labute approximate surface area is 137 Å². The van der Waals surface area contributed by atoms with Gasteiger partial charge in [-0.2, -0.15) is 0 Å². The van der Waals surface area contributed by atoms with Crippen LogP contribution in [0.2, 0.25) is 10.0 Å². The smallest absolute Gasteiger partial charge is 0.133 e. The van der Waals surface area contributed by atoms with Gasteiger partial charge in [0, 0.05) is 10.0 Å². The standard InChI is InChI=1S/C15H14BrCl2NO/c1-19-15(11-8-10(17)4-5-13(11)18)9-3-6-14(20-2)12(16)7-9/h3-8,15,19H,1-2H3. The predicted octanol–water partition coefficient (Wildman–Crippen LogP) is 5.07. The van der Waals surface area contributed by atoms with Crippen molar-refractivity contribution in [1.29, 1.82) is 0 Å². The second-order valence-corrected chi connectivity index (χ2v) is 5.98. The number of hydrogen-bond donors (Lipinski definition) is 1. The highest BCUT2D eigenvalue weighted by molar-refractivity contribution is 9.10. The lowest BCUT2D eigenvalue weighted by molar-refractivity contribution is 0.412. The van der Waals surface area contributed by atoms with Crippen LogP contribution in [0.25, 0.3) is 0 Å². The average molecular weight is 375 g/mol. The number of ether oxygens (including phenoxy) is 1. The number of halogens is 3. The van der Waals surface area contributed by atoms with E-state index in [1.165, 1.54) is 0 Å². The van der Waals surface area contributed by atoms with Gasteiger partial charge >= 0.3 is 0 Å². The highest BCUT2D eigenvalue weighted by Gasteiger charge is 2.17. The molecule has 1 atom stereocenters. The van der Waals surface area contributed by atoms with Gasteiger partial charge < -0.3 is 10.1 Å². The summed E-state index contributed by atoms with van der Waals surface area (Å²) in [5, 5.41) is 4.61. The molecule has 5 heteroatoms. The highest BCUT2D eigenvalue weighted by Crippen LogP contribution is 2.34. The van der Waals surface area contributed by atoms with E-state index in [1.807, 2.05) is 37.4 Å². The predicted molar refractivity (Wildman–Crippen MR) is 88.1 cm³/mol. The van der Waals surface area contributed by atoms with Crippen molar-refractivity contribution < 1.29 is 4.74 Å². The largest absolute Gasteiger partial charge is 0.496 e. The zero-order chi connectivity index (χ0) is 14.7. The van der Waals surface area contributed by atoms with Crippen LogP contribution in [0.1, 0.15) is 17.2 Å². The Balaban J connectivity index is 2.46. The van der Waals surface area contributed by atoms with E-state index in [0.717, 1.165) is 21.3 Å². The molecule has 0 saturated carbocycles. The molecule has 2 aromatic rings. The van der Waals surface area contributed by atoms with E-state index < -0.39 is 0 Å². The fraction of sp³-hybridized carbons (Fsp3) is 0.200. The SMILES string of the molecule is CNC(c1ccc(OC)c(Br)c1)c1cc(Cl)ccc1Cl. The molecule has 0 heterocycles. The summed E-state index contributed by atoms with van der Waals surface area (Å²) in [5.41, 5.74) is 2.02. The van der Waals surface area contributed by atoms with Gasteiger partial charge in [-0.05, 0) is 64.4 Å². The summed E-state index contributed by atoms with van der Waals surface area (Å²) in [6.07, 6.45) is 0. The minimum Gasteiger partial charge on any atom is -0.496 e. The Bertz CT molecular complexity index is 619. The molecule has 106 valence electrons. The first-order valence-electron chi connectivity index (χ1n) is 6.02. The summed E-state index contributed by atoms with van der Waals surface area (Å²) in [5.74, 6) is 0.792. The molecule has 1 unspecified atom stereocenters. The van der Waals surface area contributed by atoms with Crippen LogP contribution in [0.15, 0.2) is 40.9 Å². The minimum absolute atomic E-state index is 0.0385. The monoisotopic (exact) mass is 373 g/mol. The Morgan fingerprint density at radius 3 is 2.50 bits per heavy atom. The molecule has 0 radical (unpaired) electrons. The fourth-order valence-corrected chi connectivity index (χ4v) is 3.07. The van der Waals surface area contributed by atoms with Crippen LogP contribution in [0.3, 0.4) is 0 Å². The highest BCUT2D eigenvalue weighted by atomic mass is 79.9. The van der Waals surface area contributed by atoms with E-state index in [2.05, 4.69) is 21.2 Å². The quantitative estimate of drug-likeness (QED) is 0.806. The molecule has 0 aliphatic carbocycles. The summed E-state index contributed by atoms with van der Waals surface area (Å²) in [6, 6.07) is 11.4. The van der Waals surface area contributed by atoms with E-state index in [1.54, 1.807) is 13.2 Å². The van der Waals surface area contributed by atoms with Crippen molar-refractivity contribution in [2.75, 3.05) is 14.2 Å². The third kappa shape index (κ3) is 3.29. The normalized spacial score (nSPS) is 12.2. The maximum atomic E-state index is 6.28. The third-order valence-electron chi connectivity index (χ3n) is 3.07. The van der Waals surface area contributed by atoms with Gasteiger partial charge in [0.25, 0.3) is 0 Å². The molecule has 0 aromatic heterocycles. The van der Waals surface area contributed by atoms with Gasteiger partial charge in [0.05, 0.1) is 17.6 Å². The molecule has 0 spiro atoms. The molecular formula is C15H14BrCl2NO. The number of hydrogen-bond acceptors (Lipinski definition) is 2. The van der Waals surface area contributed by atoms with Crippen LogP contribution in [0.4, 0.5) is 0 Å². The number of rotatable bonds is 4. The molecule has 0 amide bonds. The molecule has 0 aliphatic heterocycles. The average Bonchev–Trinajstić information content (AvgIpc) is 2.44. The van der Waals surface area contributed by atoms with Crippen LogP contribution < -0.4 is 10.1 Å². The van der Waals surface area contributed by atoms with Crippen molar-refractivity contribution in [3.05, 3.63) is 62.0 Å². The molecule has 1 N–H and O–H groups in total. The zero-order valence-electron chi connectivity index (χ0n) is 11.1. The lowest BCUT2D eigenvalue weighted by atomic mass is 9.98. The van der Waals surface area contributed by atoms with E-state index in [0.29, 0.717) is 10.0 Å². The summed E-state index contributed by atoms with van der Waals surface area (Å²) >= 11 is 15.9. The molecule has 0 aliphatic rings. The van der Waals surface area contributed by atoms with Crippen LogP contribution in [0.5, 0.6) is 5.75 Å². The van der Waals surface area contributed by atoms with Crippen LogP contribution in [-0.4, -0.2) is 14.2 Å². The molecule has 0 fully saturated rings. The lowest BCUT2D eigenvalue weighted by Crippen LogP contribution is -2.18. The van der Waals surface area contributed by atoms with Crippen LogP contribution in [0, 0.1) is 0 Å². The van der Waals surface area contributed by atoms with Crippen molar-refractivity contribution >= 4 is 39.1 Å². The molecule has 20 heavy (non-hydrogen) atoms. The Morgan fingerprint density at radius 1 is 1.15 bits per heavy atom. The Hall–Kier alpha value is -0.740. The van der Waals surface area contributed by atoms with E-state index in [4.69, 9.17) is 27.9 Å². The van der Waals surface area contributed by atoms with Gasteiger partial charge in [0.15, 0.2) is 0 Å². The van der Waals surface area contributed by atoms with Crippen molar-refractivity contribution in [2.45, 2.75) is 6.04 Å². The number of nitrogens with one attached hydrogen (secondary N) is 1. The molecular weight excluding hydrogens is 361 g/mol. The first-order chi connectivity index (χ1) is 9.56. The first-order valence-corrected chi connectivity index (χ1v) is 7.57. The van der Waals surface area contributed by atoms with Gasteiger partial charge in [-0.25, -0.2) is 0 Å². The molecule has 2 rings (SSSR count). The first kappa shape index (κ1) is 15.6. The molecule has 0 saturated heterocycles. The molecule has 0 bridgehead atoms. The lowest BCUT2D eigenvalue weighted by Gasteiger charge is -2.19. The fourth-order valence-electron chi connectivity index (χ4n) is 2.10. The van der Waals surface area contributed by atoms with Crippen LogP contribution >= 0.6 is 39.1 Å². The summed E-state index contributed by atoms with van der Waals surface area (Å²) in [6.45, 7) is 0. The Kier molecular flexibility index (Phi) is 5.33. The molecule has 2 aromatic carbocycles. The van der Waals surface area contributed by atoms with E-state index >= 15 is 0 Å². The van der Waals surface area contributed by atoms with E-state index in [-0.39, 0.29) is 6.04 Å². The summed E-state index contributed by atoms with van der Waals surface area (Å²) in [7, 11) is 3.53. The van der Waals surface area contributed by atoms with Crippen molar-refractivity contribution in [2.24, 2.45) is 0 Å². The van der Waals surface area contributed by atoms with Gasteiger partial charge in [-0.1, -0.05) is 29.3 Å². The number of methoxy groups -OCH3 is 1. The topological polar surface area (TPSA) is 21.3 Å². The third-order valence-corrected chi connectivity index (χ3v) is 4.27. The van der Waals surface area contributed by atoms with Crippen molar-refractivity contribution in [3.8, 4) is 5.75 Å². The minimum atomic E-state index is -0.0385. The second-order valence-electron chi connectivity index (χ2n) is 4.28. The van der Waals surface area contributed by atoms with Gasteiger partial charge in [-0.15, -0.1) is 0 Å². The van der Waals surface area contributed by atoms with E-state index in [9.17, 15) is 0 Å². The zero-order valence-corrected chi connectivity index (χ0v) is 14.2. The second kappa shape index (κ2) is 6.81. The van der Waals surface area contributed by atoms with Crippen molar-refractivity contribution in [3.63, 3.8) is 0 Å². The van der Waals surface area contributed by atoms with Gasteiger partial charge in [0.1, 0.15) is 5.75 Å². The molecule has 2 nitrogen and oxygen atoms in total. The van der Waals surface area contributed by atoms with Gasteiger partial charge in [0.2, 0.25) is 0 Å². The summed E-state index contributed by atoms with van der Waals surface area (Å²) in [4.78, 5) is 0. The maximum Gasteiger partial charge on any atom is 0.133 e. The summed E-state index contributed by atoms with van der Waals surface area (Å²) < 4.78 is 6.15. The van der Waals surface area contributed by atoms with Gasteiger partial charge in [-0.3, -0.25) is 0 Å².